The summed E-state index contributed by atoms with van der Waals surface area (Å²) < 4.78 is 21.4. The predicted molar refractivity (Wildman–Crippen MR) is 220 cm³/mol. The van der Waals surface area contributed by atoms with Crippen LogP contribution in [0, 0.1) is 0 Å². The molecule has 57 heavy (non-hydrogen) atoms. The van der Waals surface area contributed by atoms with Crippen molar-refractivity contribution in [2.75, 3.05) is 38.3 Å². The van der Waals surface area contributed by atoms with Gasteiger partial charge in [-0.2, -0.15) is 0 Å². The highest BCUT2D eigenvalue weighted by Gasteiger charge is 2.31. The van der Waals surface area contributed by atoms with Gasteiger partial charge in [-0.15, -0.1) is 11.8 Å². The number of carbonyl (C=O) groups excluding carboxylic acids is 6. The Balaban J connectivity index is 2.17. The van der Waals surface area contributed by atoms with Crippen molar-refractivity contribution < 1.29 is 47.7 Å². The highest BCUT2D eigenvalue weighted by atomic mass is 32.2. The Morgan fingerprint density at radius 3 is 2.00 bits per heavy atom. The number of nitrogens with one attached hydrogen (secondary N) is 5. The fourth-order valence-corrected chi connectivity index (χ4v) is 5.94. The molecule has 0 unspecified atom stereocenters. The van der Waals surface area contributed by atoms with E-state index in [0.29, 0.717) is 18.6 Å². The minimum atomic E-state index is -1.24. The largest absolute Gasteiger partial charge is 0.491 e. The molecule has 2 rings (SSSR count). The van der Waals surface area contributed by atoms with Crippen LogP contribution in [0.3, 0.4) is 0 Å². The Kier molecular flexibility index (Phi) is 20.5. The van der Waals surface area contributed by atoms with Crippen molar-refractivity contribution in [2.45, 2.75) is 96.6 Å². The molecular formula is C41H59N5O10S. The lowest BCUT2D eigenvalue weighted by Crippen LogP contribution is -2.57. The average molecular weight is 814 g/mol. The summed E-state index contributed by atoms with van der Waals surface area (Å²) in [5, 5.41) is 13.4. The highest BCUT2D eigenvalue weighted by Crippen LogP contribution is 2.18. The van der Waals surface area contributed by atoms with E-state index < -0.39 is 59.3 Å². The predicted octanol–water partition coefficient (Wildman–Crippen LogP) is 4.53. The van der Waals surface area contributed by atoms with Crippen molar-refractivity contribution in [3.63, 3.8) is 0 Å². The van der Waals surface area contributed by atoms with Crippen molar-refractivity contribution >= 4 is 53.7 Å². The van der Waals surface area contributed by atoms with Gasteiger partial charge in [0.2, 0.25) is 17.7 Å². The van der Waals surface area contributed by atoms with Crippen LogP contribution in [-0.4, -0.2) is 104 Å². The van der Waals surface area contributed by atoms with Gasteiger partial charge in [0.05, 0.1) is 19.4 Å². The van der Waals surface area contributed by atoms with Gasteiger partial charge in [0.25, 0.3) is 0 Å². The number of hydrogen-bond acceptors (Lipinski definition) is 11. The van der Waals surface area contributed by atoms with Crippen LogP contribution in [0.25, 0.3) is 6.08 Å². The van der Waals surface area contributed by atoms with E-state index in [1.807, 2.05) is 24.3 Å². The van der Waals surface area contributed by atoms with Crippen molar-refractivity contribution in [2.24, 2.45) is 0 Å². The average Bonchev–Trinajstić information content (AvgIpc) is 3.13. The molecule has 0 bridgehead atoms. The summed E-state index contributed by atoms with van der Waals surface area (Å²) in [4.78, 5) is 78.1. The molecule has 0 aliphatic carbocycles. The molecule has 314 valence electrons. The Hall–Kier alpha value is -5.25. The number of ether oxygens (including phenoxy) is 4. The molecule has 0 aliphatic rings. The van der Waals surface area contributed by atoms with Crippen LogP contribution in [-0.2, 0) is 39.8 Å². The molecule has 0 radical (unpaired) electrons. The van der Waals surface area contributed by atoms with Gasteiger partial charge in [0.1, 0.15) is 41.7 Å². The van der Waals surface area contributed by atoms with Crippen molar-refractivity contribution in [3.8, 4) is 5.75 Å². The zero-order chi connectivity index (χ0) is 42.4. The number of hydrogen-bond donors (Lipinski definition) is 5. The van der Waals surface area contributed by atoms with E-state index in [4.69, 9.17) is 18.9 Å². The summed E-state index contributed by atoms with van der Waals surface area (Å²) in [6, 6.07) is 12.9. The Morgan fingerprint density at radius 2 is 1.35 bits per heavy atom. The van der Waals surface area contributed by atoms with Crippen LogP contribution in [0.5, 0.6) is 5.75 Å². The lowest BCUT2D eigenvalue weighted by atomic mass is 10.1. The molecule has 0 aliphatic heterocycles. The zero-order valence-electron chi connectivity index (χ0n) is 34.1. The Morgan fingerprint density at radius 1 is 0.737 bits per heavy atom. The third kappa shape index (κ3) is 20.5. The van der Waals surface area contributed by atoms with Crippen molar-refractivity contribution in [1.29, 1.82) is 0 Å². The van der Waals surface area contributed by atoms with E-state index >= 15 is 0 Å². The SMILES string of the molecule is C=Cc1ccccc1OCCNC(=O)CSC[C@H](NC(=O)[C@H](CCCCNC(=O)OC(C)(C)C)NC(=O)OC(C)(C)C)C(=O)N[C@@H](Cc1ccccc1)C(=O)OC. The van der Waals surface area contributed by atoms with Gasteiger partial charge in [0, 0.05) is 24.3 Å². The highest BCUT2D eigenvalue weighted by molar-refractivity contribution is 8.00. The second-order valence-corrected chi connectivity index (χ2v) is 15.9. The molecule has 3 atom stereocenters. The second-order valence-electron chi connectivity index (χ2n) is 14.9. The molecule has 2 aromatic carbocycles. The van der Waals surface area contributed by atoms with E-state index in [1.54, 1.807) is 78.0 Å². The van der Waals surface area contributed by atoms with Crippen LogP contribution in [0.4, 0.5) is 9.59 Å². The normalized spacial score (nSPS) is 12.8. The first-order chi connectivity index (χ1) is 26.9. The number of alkyl carbamates (subject to hydrolysis) is 2. The fourth-order valence-electron chi connectivity index (χ4n) is 5.06. The van der Waals surface area contributed by atoms with E-state index in [-0.39, 0.29) is 50.0 Å². The minimum Gasteiger partial charge on any atom is -0.491 e. The van der Waals surface area contributed by atoms with Crippen LogP contribution >= 0.6 is 11.8 Å². The maximum atomic E-state index is 13.8. The molecule has 15 nitrogen and oxygen atoms in total. The summed E-state index contributed by atoms with van der Waals surface area (Å²) in [6.45, 7) is 14.7. The number of thioether (sulfide) groups is 1. The van der Waals surface area contributed by atoms with Crippen LogP contribution < -0.4 is 31.3 Å². The number of unbranched alkanes of at least 4 members (excludes halogenated alkanes) is 1. The first-order valence-corrected chi connectivity index (χ1v) is 19.9. The molecule has 5 amide bonds. The molecule has 0 heterocycles. The summed E-state index contributed by atoms with van der Waals surface area (Å²) in [6.07, 6.45) is 1.33. The molecule has 0 aromatic heterocycles. The minimum absolute atomic E-state index is 0.0580. The number of methoxy groups -OCH3 is 1. The second kappa shape index (κ2) is 24.4. The molecule has 16 heteroatoms. The molecule has 0 saturated heterocycles. The topological polar surface area (TPSA) is 199 Å². The number of para-hydroxylation sites is 1. The van der Waals surface area contributed by atoms with Gasteiger partial charge in [-0.25, -0.2) is 14.4 Å². The van der Waals surface area contributed by atoms with Crippen LogP contribution in [0.15, 0.2) is 61.2 Å². The third-order valence-corrected chi connectivity index (χ3v) is 8.69. The summed E-state index contributed by atoms with van der Waals surface area (Å²) >= 11 is 1.09. The van der Waals surface area contributed by atoms with E-state index in [1.165, 1.54) is 7.11 Å². The molecule has 2 aromatic rings. The van der Waals surface area contributed by atoms with E-state index in [0.717, 1.165) is 22.9 Å². The Bertz CT molecular complexity index is 1630. The van der Waals surface area contributed by atoms with Gasteiger partial charge in [-0.3, -0.25) is 14.4 Å². The molecule has 5 N–H and O–H groups in total. The number of benzene rings is 2. The van der Waals surface area contributed by atoms with E-state index in [2.05, 4.69) is 33.2 Å². The van der Waals surface area contributed by atoms with Crippen LogP contribution in [0.2, 0.25) is 0 Å². The maximum absolute atomic E-state index is 13.8. The fraction of sp³-hybridized carbons (Fsp3) is 0.512. The number of amides is 5. The monoisotopic (exact) mass is 813 g/mol. The molecular weight excluding hydrogens is 755 g/mol. The standard InChI is InChI=1S/C41H59N5O10S/c1-9-29-19-13-14-21-33(29)54-24-23-42-34(47)27-57-26-32(36(49)44-31(37(50)53-8)25-28-17-11-10-12-18-28)45-35(48)30(46-39(52)56-41(5,6)7)20-15-16-22-43-38(51)55-40(2,3)4/h9-14,17-19,21,30-32H,1,15-16,20,22-27H2,2-8H3,(H,42,47)(H,43,51)(H,44,49)(H,45,48)(H,46,52)/t30-,31-,32-/m0/s1. The van der Waals surface area contributed by atoms with Crippen LogP contribution in [0.1, 0.15) is 71.9 Å². The first kappa shape index (κ1) is 47.9. The third-order valence-electron chi connectivity index (χ3n) is 7.65. The zero-order valence-corrected chi connectivity index (χ0v) is 34.9. The molecule has 0 saturated carbocycles. The maximum Gasteiger partial charge on any atom is 0.408 e. The molecule has 0 fully saturated rings. The first-order valence-electron chi connectivity index (χ1n) is 18.8. The van der Waals surface area contributed by atoms with Gasteiger partial charge in [-0.1, -0.05) is 61.2 Å². The summed E-state index contributed by atoms with van der Waals surface area (Å²) in [5.74, 6) is -1.89. The van der Waals surface area contributed by atoms with E-state index in [9.17, 15) is 28.8 Å². The number of esters is 1. The number of rotatable bonds is 22. The van der Waals surface area contributed by atoms with Crippen molar-refractivity contribution in [3.05, 3.63) is 72.3 Å². The molecule has 0 spiro atoms. The van der Waals surface area contributed by atoms with Gasteiger partial charge in [-0.05, 0) is 72.4 Å². The smallest absolute Gasteiger partial charge is 0.408 e. The lowest BCUT2D eigenvalue weighted by molar-refractivity contribution is -0.145. The van der Waals surface area contributed by atoms with Gasteiger partial charge < -0.3 is 45.5 Å². The summed E-state index contributed by atoms with van der Waals surface area (Å²) in [7, 11) is 1.21. The lowest BCUT2D eigenvalue weighted by Gasteiger charge is -2.26. The van der Waals surface area contributed by atoms with Crippen molar-refractivity contribution in [1.82, 2.24) is 26.6 Å². The van der Waals surface area contributed by atoms with Gasteiger partial charge in [0.15, 0.2) is 0 Å². The number of carbonyl (C=O) groups is 6. The summed E-state index contributed by atoms with van der Waals surface area (Å²) in [5.41, 5.74) is 0.0652. The Labute approximate surface area is 340 Å². The quantitative estimate of drug-likeness (QED) is 0.0636. The van der Waals surface area contributed by atoms with Gasteiger partial charge >= 0.3 is 18.2 Å².